The van der Waals surface area contributed by atoms with Gasteiger partial charge in [0, 0.05) is 18.1 Å². The first-order chi connectivity index (χ1) is 9.52. The molecule has 1 aromatic rings. The van der Waals surface area contributed by atoms with Gasteiger partial charge >= 0.3 is 0 Å². The highest BCUT2D eigenvalue weighted by molar-refractivity contribution is 6.30. The maximum atomic E-state index is 12.4. The largest absolute Gasteiger partial charge is 0.389 e. The lowest BCUT2D eigenvalue weighted by Gasteiger charge is -2.27. The molecule has 0 heterocycles. The van der Waals surface area contributed by atoms with Crippen LogP contribution >= 0.6 is 11.6 Å². The van der Waals surface area contributed by atoms with Gasteiger partial charge in [0.15, 0.2) is 0 Å². The minimum absolute atomic E-state index is 0.0249. The van der Waals surface area contributed by atoms with Crippen molar-refractivity contribution in [3.05, 3.63) is 34.9 Å². The average Bonchev–Trinajstić information content (AvgIpc) is 2.82. The van der Waals surface area contributed by atoms with Crippen molar-refractivity contribution < 1.29 is 9.90 Å². The number of carbonyl (C=O) groups is 1. The van der Waals surface area contributed by atoms with Crippen LogP contribution in [0.15, 0.2) is 24.3 Å². The van der Waals surface area contributed by atoms with Gasteiger partial charge in [0.1, 0.15) is 0 Å². The van der Waals surface area contributed by atoms with E-state index in [1.807, 2.05) is 31.2 Å². The van der Waals surface area contributed by atoms with Crippen LogP contribution in [0.2, 0.25) is 5.02 Å². The maximum Gasteiger partial charge on any atom is 0.225 e. The molecule has 0 aliphatic heterocycles. The zero-order valence-corrected chi connectivity index (χ0v) is 12.7. The molecule has 3 nitrogen and oxygen atoms in total. The second kappa shape index (κ2) is 6.59. The summed E-state index contributed by atoms with van der Waals surface area (Å²) in [5.74, 6) is 0.0249. The highest BCUT2D eigenvalue weighted by Gasteiger charge is 2.34. The number of amides is 1. The van der Waals surface area contributed by atoms with Crippen LogP contribution in [0.25, 0.3) is 0 Å². The molecule has 0 saturated heterocycles. The lowest BCUT2D eigenvalue weighted by molar-refractivity contribution is -0.136. The van der Waals surface area contributed by atoms with Gasteiger partial charge < -0.3 is 10.0 Å². The quantitative estimate of drug-likeness (QED) is 0.904. The normalized spacial score (nSPS) is 17.1. The zero-order chi connectivity index (χ0) is 14.6. The fourth-order valence-corrected chi connectivity index (χ4v) is 3.05. The smallest absolute Gasteiger partial charge is 0.225 e. The number of hydrogen-bond donors (Lipinski definition) is 1. The molecule has 1 N–H and O–H groups in total. The minimum atomic E-state index is -0.779. The van der Waals surface area contributed by atoms with Crippen LogP contribution in [0.4, 0.5) is 0 Å². The average molecular weight is 296 g/mol. The highest BCUT2D eigenvalue weighted by Crippen LogP contribution is 2.32. The van der Waals surface area contributed by atoms with E-state index in [-0.39, 0.29) is 12.3 Å². The van der Waals surface area contributed by atoms with Crippen LogP contribution in [0, 0.1) is 0 Å². The van der Waals surface area contributed by atoms with Gasteiger partial charge in [-0.1, -0.05) is 36.6 Å². The topological polar surface area (TPSA) is 40.5 Å². The summed E-state index contributed by atoms with van der Waals surface area (Å²) in [5, 5.41) is 11.0. The van der Waals surface area contributed by atoms with Crippen LogP contribution in [0.5, 0.6) is 0 Å². The predicted molar refractivity (Wildman–Crippen MR) is 80.6 cm³/mol. The van der Waals surface area contributed by atoms with Gasteiger partial charge in [-0.3, -0.25) is 4.79 Å². The Morgan fingerprint density at radius 3 is 2.70 bits per heavy atom. The van der Waals surface area contributed by atoms with E-state index in [4.69, 9.17) is 11.6 Å². The summed E-state index contributed by atoms with van der Waals surface area (Å²) in [5.41, 5.74) is 0.241. The molecule has 110 valence electrons. The fourth-order valence-electron chi connectivity index (χ4n) is 2.84. The van der Waals surface area contributed by atoms with E-state index in [1.54, 1.807) is 4.90 Å². The van der Waals surface area contributed by atoms with Crippen LogP contribution in [0.3, 0.4) is 0 Å². The SMILES string of the molecule is CCN(Cc1cccc(Cl)c1)C(=O)CC1(O)CCCC1. The molecular weight excluding hydrogens is 274 g/mol. The number of hydrogen-bond acceptors (Lipinski definition) is 2. The Balaban J connectivity index is 1.98. The number of benzene rings is 1. The third-order valence-electron chi connectivity index (χ3n) is 4.01. The van der Waals surface area contributed by atoms with Gasteiger partial charge in [0.25, 0.3) is 0 Å². The number of rotatable bonds is 5. The summed E-state index contributed by atoms with van der Waals surface area (Å²) in [4.78, 5) is 14.1. The standard InChI is InChI=1S/C16H22ClNO2/c1-2-18(12-13-6-5-7-14(17)10-13)15(19)11-16(20)8-3-4-9-16/h5-7,10,20H,2-4,8-9,11-12H2,1H3. The molecule has 1 aliphatic rings. The van der Waals surface area contributed by atoms with Crippen molar-refractivity contribution in [3.63, 3.8) is 0 Å². The molecular formula is C16H22ClNO2. The van der Waals surface area contributed by atoms with Crippen molar-refractivity contribution >= 4 is 17.5 Å². The van der Waals surface area contributed by atoms with Gasteiger partial charge in [0.2, 0.25) is 5.91 Å². The summed E-state index contributed by atoms with van der Waals surface area (Å²) in [6.07, 6.45) is 3.76. The Morgan fingerprint density at radius 2 is 2.10 bits per heavy atom. The number of nitrogens with zero attached hydrogens (tertiary/aromatic N) is 1. The second-order valence-electron chi connectivity index (χ2n) is 5.65. The second-order valence-corrected chi connectivity index (χ2v) is 6.08. The monoisotopic (exact) mass is 295 g/mol. The summed E-state index contributed by atoms with van der Waals surface area (Å²) < 4.78 is 0. The van der Waals surface area contributed by atoms with Crippen molar-refractivity contribution in [3.8, 4) is 0 Å². The third-order valence-corrected chi connectivity index (χ3v) is 4.25. The Bertz CT molecular complexity index is 469. The molecule has 2 rings (SSSR count). The van der Waals surface area contributed by atoms with E-state index >= 15 is 0 Å². The summed E-state index contributed by atoms with van der Waals surface area (Å²) >= 11 is 5.97. The van der Waals surface area contributed by atoms with Crippen molar-refractivity contribution in [2.45, 2.75) is 51.2 Å². The Hall–Kier alpha value is -1.06. The van der Waals surface area contributed by atoms with E-state index < -0.39 is 5.60 Å². The van der Waals surface area contributed by atoms with Crippen LogP contribution in [0.1, 0.15) is 44.6 Å². The van der Waals surface area contributed by atoms with Crippen LogP contribution in [-0.4, -0.2) is 28.1 Å². The van der Waals surface area contributed by atoms with Gasteiger partial charge in [0.05, 0.1) is 12.0 Å². The van der Waals surface area contributed by atoms with E-state index in [2.05, 4.69) is 0 Å². The molecule has 20 heavy (non-hydrogen) atoms. The zero-order valence-electron chi connectivity index (χ0n) is 11.9. The van der Waals surface area contributed by atoms with E-state index in [0.29, 0.717) is 18.1 Å². The maximum absolute atomic E-state index is 12.4. The van der Waals surface area contributed by atoms with Gasteiger partial charge in [-0.25, -0.2) is 0 Å². The van der Waals surface area contributed by atoms with Gasteiger partial charge in [-0.05, 0) is 37.5 Å². The number of carbonyl (C=O) groups excluding carboxylic acids is 1. The molecule has 1 fully saturated rings. The summed E-state index contributed by atoms with van der Waals surface area (Å²) in [6, 6.07) is 7.55. The molecule has 0 radical (unpaired) electrons. The molecule has 1 aromatic carbocycles. The molecule has 1 saturated carbocycles. The molecule has 0 unspecified atom stereocenters. The first kappa shape index (κ1) is 15.3. The number of aliphatic hydroxyl groups is 1. The van der Waals surface area contributed by atoms with Crippen LogP contribution < -0.4 is 0 Å². The predicted octanol–water partition coefficient (Wildman–Crippen LogP) is 3.38. The van der Waals surface area contributed by atoms with Crippen molar-refractivity contribution in [2.24, 2.45) is 0 Å². The molecule has 1 amide bonds. The third kappa shape index (κ3) is 3.97. The Morgan fingerprint density at radius 1 is 1.40 bits per heavy atom. The molecule has 0 atom stereocenters. The van der Waals surface area contributed by atoms with Crippen molar-refractivity contribution in [1.82, 2.24) is 4.90 Å². The number of halogens is 1. The van der Waals surface area contributed by atoms with Crippen molar-refractivity contribution in [1.29, 1.82) is 0 Å². The summed E-state index contributed by atoms with van der Waals surface area (Å²) in [7, 11) is 0. The highest BCUT2D eigenvalue weighted by atomic mass is 35.5. The Labute approximate surface area is 125 Å². The molecule has 0 spiro atoms. The lowest BCUT2D eigenvalue weighted by atomic mass is 9.97. The molecule has 0 aromatic heterocycles. The molecule has 4 heteroatoms. The van der Waals surface area contributed by atoms with E-state index in [1.165, 1.54) is 0 Å². The van der Waals surface area contributed by atoms with E-state index in [0.717, 1.165) is 31.2 Å². The lowest BCUT2D eigenvalue weighted by Crippen LogP contribution is -2.37. The first-order valence-electron chi connectivity index (χ1n) is 7.27. The minimum Gasteiger partial charge on any atom is -0.389 e. The van der Waals surface area contributed by atoms with Crippen molar-refractivity contribution in [2.75, 3.05) is 6.54 Å². The van der Waals surface area contributed by atoms with Gasteiger partial charge in [-0.2, -0.15) is 0 Å². The molecule has 0 bridgehead atoms. The first-order valence-corrected chi connectivity index (χ1v) is 7.65. The van der Waals surface area contributed by atoms with Crippen LogP contribution in [-0.2, 0) is 11.3 Å². The molecule has 1 aliphatic carbocycles. The fraction of sp³-hybridized carbons (Fsp3) is 0.562. The Kier molecular flexibility index (Phi) is 5.06. The van der Waals surface area contributed by atoms with Gasteiger partial charge in [-0.15, -0.1) is 0 Å². The summed E-state index contributed by atoms with van der Waals surface area (Å²) in [6.45, 7) is 3.15. The van der Waals surface area contributed by atoms with E-state index in [9.17, 15) is 9.90 Å².